The highest BCUT2D eigenvalue weighted by molar-refractivity contribution is 9.10. The first-order chi connectivity index (χ1) is 7.24. The minimum absolute atomic E-state index is 0.220. The zero-order valence-electron chi connectivity index (χ0n) is 8.72. The fraction of sp³-hybridized carbons (Fsp3) is 0.455. The first-order valence-electron chi connectivity index (χ1n) is 5.00. The van der Waals surface area contributed by atoms with E-state index in [4.69, 9.17) is 0 Å². The number of rotatable bonds is 6. The van der Waals surface area contributed by atoms with Crippen LogP contribution in [0.2, 0.25) is 0 Å². The SMILES string of the molecule is CCSCCCNc1ccc(F)c(Br)c1. The number of benzene rings is 1. The van der Waals surface area contributed by atoms with E-state index in [2.05, 4.69) is 28.2 Å². The van der Waals surface area contributed by atoms with Crippen LogP contribution in [-0.4, -0.2) is 18.1 Å². The van der Waals surface area contributed by atoms with Crippen LogP contribution in [-0.2, 0) is 0 Å². The summed E-state index contributed by atoms with van der Waals surface area (Å²) in [7, 11) is 0. The molecule has 0 aliphatic carbocycles. The molecule has 1 N–H and O–H groups in total. The minimum atomic E-state index is -0.220. The van der Waals surface area contributed by atoms with E-state index >= 15 is 0 Å². The van der Waals surface area contributed by atoms with Gasteiger partial charge in [0, 0.05) is 12.2 Å². The first kappa shape index (κ1) is 12.8. The Morgan fingerprint density at radius 2 is 2.27 bits per heavy atom. The predicted molar refractivity (Wildman–Crippen MR) is 70.2 cm³/mol. The minimum Gasteiger partial charge on any atom is -0.385 e. The van der Waals surface area contributed by atoms with Gasteiger partial charge < -0.3 is 5.32 Å². The molecule has 1 aromatic rings. The van der Waals surface area contributed by atoms with Gasteiger partial charge in [0.2, 0.25) is 0 Å². The number of nitrogens with one attached hydrogen (secondary N) is 1. The van der Waals surface area contributed by atoms with Gasteiger partial charge in [-0.15, -0.1) is 0 Å². The van der Waals surface area contributed by atoms with Gasteiger partial charge in [-0.25, -0.2) is 4.39 Å². The summed E-state index contributed by atoms with van der Waals surface area (Å²) in [5.74, 6) is 2.12. The van der Waals surface area contributed by atoms with Crippen LogP contribution in [0.5, 0.6) is 0 Å². The molecule has 0 bridgehead atoms. The summed E-state index contributed by atoms with van der Waals surface area (Å²) < 4.78 is 13.4. The summed E-state index contributed by atoms with van der Waals surface area (Å²) >= 11 is 5.10. The summed E-state index contributed by atoms with van der Waals surface area (Å²) in [6.07, 6.45) is 1.13. The summed E-state index contributed by atoms with van der Waals surface area (Å²) in [5, 5.41) is 3.26. The van der Waals surface area contributed by atoms with Crippen LogP contribution in [0, 0.1) is 5.82 Å². The molecular formula is C11H15BrFNS. The van der Waals surface area contributed by atoms with E-state index < -0.39 is 0 Å². The van der Waals surface area contributed by atoms with E-state index in [0.29, 0.717) is 4.47 Å². The molecule has 4 heteroatoms. The molecule has 0 heterocycles. The fourth-order valence-corrected chi connectivity index (χ4v) is 2.17. The molecule has 0 saturated heterocycles. The molecule has 0 saturated carbocycles. The van der Waals surface area contributed by atoms with Crippen LogP contribution in [0.3, 0.4) is 0 Å². The largest absolute Gasteiger partial charge is 0.385 e. The Bertz CT molecular complexity index is 307. The van der Waals surface area contributed by atoms with Crippen molar-refractivity contribution in [1.82, 2.24) is 0 Å². The van der Waals surface area contributed by atoms with E-state index in [9.17, 15) is 4.39 Å². The monoisotopic (exact) mass is 291 g/mol. The lowest BCUT2D eigenvalue weighted by atomic mass is 10.3. The van der Waals surface area contributed by atoms with Crippen molar-refractivity contribution in [2.75, 3.05) is 23.4 Å². The van der Waals surface area contributed by atoms with Crippen LogP contribution in [0.15, 0.2) is 22.7 Å². The highest BCUT2D eigenvalue weighted by Gasteiger charge is 1.99. The van der Waals surface area contributed by atoms with E-state index in [0.717, 1.165) is 18.7 Å². The third kappa shape index (κ3) is 4.89. The molecule has 0 atom stereocenters. The zero-order chi connectivity index (χ0) is 11.1. The average molecular weight is 292 g/mol. The quantitative estimate of drug-likeness (QED) is 0.791. The van der Waals surface area contributed by atoms with Crippen LogP contribution in [0.1, 0.15) is 13.3 Å². The summed E-state index contributed by atoms with van der Waals surface area (Å²) in [5.41, 5.74) is 0.963. The van der Waals surface area contributed by atoms with Crippen molar-refractivity contribution in [3.63, 3.8) is 0 Å². The topological polar surface area (TPSA) is 12.0 Å². The molecule has 0 radical (unpaired) electrons. The van der Waals surface area contributed by atoms with Gasteiger partial charge in [-0.05, 0) is 52.1 Å². The molecule has 1 nitrogen and oxygen atoms in total. The maximum atomic E-state index is 12.9. The van der Waals surface area contributed by atoms with Crippen LogP contribution in [0.25, 0.3) is 0 Å². The molecule has 0 amide bonds. The van der Waals surface area contributed by atoms with E-state index in [1.165, 1.54) is 17.6 Å². The highest BCUT2D eigenvalue weighted by Crippen LogP contribution is 2.19. The van der Waals surface area contributed by atoms with Gasteiger partial charge in [0.1, 0.15) is 5.82 Å². The molecule has 84 valence electrons. The molecule has 0 unspecified atom stereocenters. The number of hydrogen-bond donors (Lipinski definition) is 1. The molecule has 0 aliphatic rings. The van der Waals surface area contributed by atoms with Crippen LogP contribution >= 0.6 is 27.7 Å². The van der Waals surface area contributed by atoms with Gasteiger partial charge in [-0.2, -0.15) is 11.8 Å². The van der Waals surface area contributed by atoms with Crippen molar-refractivity contribution in [3.05, 3.63) is 28.5 Å². The van der Waals surface area contributed by atoms with Gasteiger partial charge in [-0.3, -0.25) is 0 Å². The number of thioether (sulfide) groups is 1. The van der Waals surface area contributed by atoms with Gasteiger partial charge in [0.15, 0.2) is 0 Å². The molecule has 1 aromatic carbocycles. The predicted octanol–water partition coefficient (Wildman–Crippen LogP) is 4.14. The van der Waals surface area contributed by atoms with E-state index in [-0.39, 0.29) is 5.82 Å². The molecule has 0 aromatic heterocycles. The number of anilines is 1. The summed E-state index contributed by atoms with van der Waals surface area (Å²) in [6, 6.07) is 4.99. The summed E-state index contributed by atoms with van der Waals surface area (Å²) in [6.45, 7) is 3.10. The molecule has 1 rings (SSSR count). The average Bonchev–Trinajstić information content (AvgIpc) is 2.23. The third-order valence-corrected chi connectivity index (χ3v) is 3.51. The molecule has 0 aliphatic heterocycles. The second kappa shape index (κ2) is 7.12. The molecular weight excluding hydrogens is 277 g/mol. The second-order valence-corrected chi connectivity index (χ2v) is 5.35. The van der Waals surface area contributed by atoms with Gasteiger partial charge in [0.25, 0.3) is 0 Å². The molecule has 0 fully saturated rings. The Hall–Kier alpha value is -0.220. The Morgan fingerprint density at radius 1 is 1.47 bits per heavy atom. The van der Waals surface area contributed by atoms with E-state index in [1.54, 1.807) is 12.1 Å². The third-order valence-electron chi connectivity index (χ3n) is 1.92. The smallest absolute Gasteiger partial charge is 0.137 e. The van der Waals surface area contributed by atoms with Crippen molar-refractivity contribution in [3.8, 4) is 0 Å². The lowest BCUT2D eigenvalue weighted by Crippen LogP contribution is -2.02. The van der Waals surface area contributed by atoms with Gasteiger partial charge in [-0.1, -0.05) is 6.92 Å². The Kier molecular flexibility index (Phi) is 6.10. The highest BCUT2D eigenvalue weighted by atomic mass is 79.9. The maximum Gasteiger partial charge on any atom is 0.137 e. The van der Waals surface area contributed by atoms with Crippen molar-refractivity contribution >= 4 is 33.4 Å². The van der Waals surface area contributed by atoms with Crippen molar-refractivity contribution in [2.45, 2.75) is 13.3 Å². The van der Waals surface area contributed by atoms with Crippen LogP contribution < -0.4 is 5.32 Å². The normalized spacial score (nSPS) is 10.3. The Morgan fingerprint density at radius 3 is 2.93 bits per heavy atom. The fourth-order valence-electron chi connectivity index (χ4n) is 1.16. The van der Waals surface area contributed by atoms with Gasteiger partial charge >= 0.3 is 0 Å². The standard InChI is InChI=1S/C11H15BrFNS/c1-2-15-7-3-6-14-9-4-5-11(13)10(12)8-9/h4-5,8,14H,2-3,6-7H2,1H3. The lowest BCUT2D eigenvalue weighted by Gasteiger charge is -2.06. The van der Waals surface area contributed by atoms with E-state index in [1.807, 2.05) is 11.8 Å². The zero-order valence-corrected chi connectivity index (χ0v) is 11.1. The van der Waals surface area contributed by atoms with Crippen molar-refractivity contribution < 1.29 is 4.39 Å². The van der Waals surface area contributed by atoms with Gasteiger partial charge in [0.05, 0.1) is 4.47 Å². The number of halogens is 2. The molecule has 15 heavy (non-hydrogen) atoms. The van der Waals surface area contributed by atoms with Crippen molar-refractivity contribution in [2.24, 2.45) is 0 Å². The molecule has 0 spiro atoms. The number of hydrogen-bond acceptors (Lipinski definition) is 2. The Labute approximate surface area is 103 Å². The van der Waals surface area contributed by atoms with Crippen LogP contribution in [0.4, 0.5) is 10.1 Å². The van der Waals surface area contributed by atoms with Crippen molar-refractivity contribution in [1.29, 1.82) is 0 Å². The summed E-state index contributed by atoms with van der Waals surface area (Å²) in [4.78, 5) is 0. The Balaban J connectivity index is 2.28. The first-order valence-corrected chi connectivity index (χ1v) is 6.95. The second-order valence-electron chi connectivity index (χ2n) is 3.11. The maximum absolute atomic E-state index is 12.9. The lowest BCUT2D eigenvalue weighted by molar-refractivity contribution is 0.621.